The quantitative estimate of drug-likeness (QED) is 0.882. The first-order valence-corrected chi connectivity index (χ1v) is 7.23. The molecule has 1 N–H and O–H groups in total. The van der Waals surface area contributed by atoms with Crippen LogP contribution in [0.15, 0.2) is 47.4 Å². The number of nitrogens with zero attached hydrogens (tertiary/aromatic N) is 1. The van der Waals surface area contributed by atoms with E-state index in [0.717, 1.165) is 11.3 Å². The number of nitrogens with one attached hydrogen (secondary N) is 1. The Kier molecular flexibility index (Phi) is 5.36. The van der Waals surface area contributed by atoms with Gasteiger partial charge in [-0.15, -0.1) is 0 Å². The summed E-state index contributed by atoms with van der Waals surface area (Å²) in [5, 5.41) is 2.77. The monoisotopic (exact) mass is 300 g/mol. The maximum Gasteiger partial charge on any atom is 0.255 e. The van der Waals surface area contributed by atoms with Crippen molar-refractivity contribution in [1.82, 2.24) is 9.88 Å². The highest BCUT2D eigenvalue weighted by molar-refractivity contribution is 5.78. The van der Waals surface area contributed by atoms with Crippen LogP contribution in [0.1, 0.15) is 18.1 Å². The van der Waals surface area contributed by atoms with Crippen molar-refractivity contribution in [3.63, 3.8) is 0 Å². The van der Waals surface area contributed by atoms with Gasteiger partial charge in [-0.1, -0.05) is 18.2 Å². The van der Waals surface area contributed by atoms with E-state index in [0.29, 0.717) is 12.2 Å². The molecule has 0 saturated heterocycles. The van der Waals surface area contributed by atoms with Crippen LogP contribution in [0.4, 0.5) is 0 Å². The number of aryl methyl sites for hydroxylation is 1. The largest absolute Gasteiger partial charge is 0.494 e. The van der Waals surface area contributed by atoms with E-state index in [-0.39, 0.29) is 24.4 Å². The van der Waals surface area contributed by atoms with Crippen molar-refractivity contribution >= 4 is 5.91 Å². The van der Waals surface area contributed by atoms with Crippen LogP contribution in [0.5, 0.6) is 5.75 Å². The molecule has 5 nitrogen and oxygen atoms in total. The summed E-state index contributed by atoms with van der Waals surface area (Å²) >= 11 is 0. The number of amides is 1. The van der Waals surface area contributed by atoms with Gasteiger partial charge in [0.15, 0.2) is 0 Å². The molecule has 22 heavy (non-hydrogen) atoms. The fraction of sp³-hybridized carbons (Fsp3) is 0.294. The number of carbonyl (C=O) groups excluding carboxylic acids is 1. The van der Waals surface area contributed by atoms with Gasteiger partial charge in [0.25, 0.3) is 5.56 Å². The maximum absolute atomic E-state index is 11.9. The SMILES string of the molecule is CCOc1ccc(CC(=O)NCc2cccn(C)c2=O)cc1. The van der Waals surface area contributed by atoms with Crippen LogP contribution in [0, 0.1) is 0 Å². The lowest BCUT2D eigenvalue weighted by molar-refractivity contribution is -0.120. The molecule has 0 bridgehead atoms. The Labute approximate surface area is 129 Å². The van der Waals surface area contributed by atoms with Gasteiger partial charge in [-0.25, -0.2) is 0 Å². The molecule has 0 fully saturated rings. The molecule has 116 valence electrons. The molecular weight excluding hydrogens is 280 g/mol. The zero-order valence-electron chi connectivity index (χ0n) is 12.8. The molecule has 0 aliphatic heterocycles. The zero-order chi connectivity index (χ0) is 15.9. The van der Waals surface area contributed by atoms with E-state index in [2.05, 4.69) is 5.32 Å². The van der Waals surface area contributed by atoms with Crippen LogP contribution >= 0.6 is 0 Å². The number of carbonyl (C=O) groups is 1. The molecule has 0 atom stereocenters. The normalized spacial score (nSPS) is 10.3. The van der Waals surface area contributed by atoms with Crippen LogP contribution in [0.2, 0.25) is 0 Å². The Hall–Kier alpha value is -2.56. The third-order valence-corrected chi connectivity index (χ3v) is 3.28. The van der Waals surface area contributed by atoms with Crippen LogP contribution in [-0.2, 0) is 24.8 Å². The molecule has 1 heterocycles. The Morgan fingerprint density at radius 1 is 1.23 bits per heavy atom. The first-order valence-electron chi connectivity index (χ1n) is 7.23. The summed E-state index contributed by atoms with van der Waals surface area (Å²) in [4.78, 5) is 23.8. The summed E-state index contributed by atoms with van der Waals surface area (Å²) in [5.74, 6) is 0.675. The van der Waals surface area contributed by atoms with Crippen LogP contribution in [-0.4, -0.2) is 17.1 Å². The van der Waals surface area contributed by atoms with Crippen molar-refractivity contribution in [2.75, 3.05) is 6.61 Å². The lowest BCUT2D eigenvalue weighted by Crippen LogP contribution is -2.29. The lowest BCUT2D eigenvalue weighted by atomic mass is 10.1. The fourth-order valence-corrected chi connectivity index (χ4v) is 2.10. The molecule has 0 spiro atoms. The minimum Gasteiger partial charge on any atom is -0.494 e. The molecule has 0 unspecified atom stereocenters. The number of rotatable bonds is 6. The van der Waals surface area contributed by atoms with Crippen molar-refractivity contribution in [1.29, 1.82) is 0 Å². The maximum atomic E-state index is 11.9. The van der Waals surface area contributed by atoms with Gasteiger partial charge in [0, 0.05) is 25.4 Å². The summed E-state index contributed by atoms with van der Waals surface area (Å²) in [6.07, 6.45) is 1.97. The van der Waals surface area contributed by atoms with Crippen molar-refractivity contribution in [2.45, 2.75) is 19.9 Å². The van der Waals surface area contributed by atoms with Gasteiger partial charge in [0.2, 0.25) is 5.91 Å². The van der Waals surface area contributed by atoms with Crippen molar-refractivity contribution < 1.29 is 9.53 Å². The minimum atomic E-state index is -0.116. The molecular formula is C17H20N2O3. The second kappa shape index (κ2) is 7.45. The highest BCUT2D eigenvalue weighted by atomic mass is 16.5. The fourth-order valence-electron chi connectivity index (χ4n) is 2.10. The summed E-state index contributed by atoms with van der Waals surface area (Å²) in [5.41, 5.74) is 1.39. The molecule has 0 aliphatic carbocycles. The van der Waals surface area contributed by atoms with E-state index >= 15 is 0 Å². The van der Waals surface area contributed by atoms with Crippen LogP contribution in [0.25, 0.3) is 0 Å². The summed E-state index contributed by atoms with van der Waals surface area (Å²) < 4.78 is 6.85. The van der Waals surface area contributed by atoms with Crippen molar-refractivity contribution in [3.05, 3.63) is 64.1 Å². The van der Waals surface area contributed by atoms with E-state index in [1.807, 2.05) is 31.2 Å². The summed E-state index contributed by atoms with van der Waals surface area (Å²) in [6, 6.07) is 10.9. The molecule has 0 aliphatic rings. The molecule has 0 radical (unpaired) electrons. The number of pyridine rings is 1. The smallest absolute Gasteiger partial charge is 0.255 e. The van der Waals surface area contributed by atoms with Gasteiger partial charge in [-0.2, -0.15) is 0 Å². The first-order chi connectivity index (χ1) is 10.6. The Balaban J connectivity index is 1.90. The first kappa shape index (κ1) is 15.8. The predicted octanol–water partition coefficient (Wildman–Crippen LogP) is 1.64. The lowest BCUT2D eigenvalue weighted by Gasteiger charge is -2.07. The van der Waals surface area contributed by atoms with Crippen LogP contribution < -0.4 is 15.6 Å². The number of hydrogen-bond donors (Lipinski definition) is 1. The molecule has 2 aromatic rings. The second-order valence-electron chi connectivity index (χ2n) is 4.98. The second-order valence-corrected chi connectivity index (χ2v) is 4.98. The number of ether oxygens (including phenoxy) is 1. The van der Waals surface area contributed by atoms with E-state index in [9.17, 15) is 9.59 Å². The molecule has 1 aromatic carbocycles. The molecule has 5 heteroatoms. The van der Waals surface area contributed by atoms with E-state index < -0.39 is 0 Å². The third-order valence-electron chi connectivity index (χ3n) is 3.28. The van der Waals surface area contributed by atoms with Gasteiger partial charge in [-0.3, -0.25) is 9.59 Å². The highest BCUT2D eigenvalue weighted by Gasteiger charge is 2.06. The zero-order valence-corrected chi connectivity index (χ0v) is 12.8. The molecule has 2 rings (SSSR count). The van der Waals surface area contributed by atoms with E-state index in [1.165, 1.54) is 4.57 Å². The van der Waals surface area contributed by atoms with Gasteiger partial charge < -0.3 is 14.6 Å². The number of hydrogen-bond acceptors (Lipinski definition) is 3. The molecule has 1 aromatic heterocycles. The topological polar surface area (TPSA) is 60.3 Å². The van der Waals surface area contributed by atoms with Crippen molar-refractivity contribution in [3.8, 4) is 5.75 Å². The predicted molar refractivity (Wildman–Crippen MR) is 84.8 cm³/mol. The molecule has 0 saturated carbocycles. The standard InChI is InChI=1S/C17H20N2O3/c1-3-22-15-8-6-13(7-9-15)11-16(20)18-12-14-5-4-10-19(2)17(14)21/h4-10H,3,11-12H2,1-2H3,(H,18,20). The third kappa shape index (κ3) is 4.22. The average Bonchev–Trinajstić information content (AvgIpc) is 2.51. The Morgan fingerprint density at radius 2 is 1.95 bits per heavy atom. The van der Waals surface area contributed by atoms with Crippen LogP contribution in [0.3, 0.4) is 0 Å². The average molecular weight is 300 g/mol. The van der Waals surface area contributed by atoms with Gasteiger partial charge >= 0.3 is 0 Å². The number of aromatic nitrogens is 1. The summed E-state index contributed by atoms with van der Waals surface area (Å²) in [6.45, 7) is 2.78. The van der Waals surface area contributed by atoms with Gasteiger partial charge in [-0.05, 0) is 30.7 Å². The van der Waals surface area contributed by atoms with Gasteiger partial charge in [0.05, 0.1) is 13.0 Å². The molecule has 1 amide bonds. The Bertz CT molecular complexity index is 690. The van der Waals surface area contributed by atoms with Crippen molar-refractivity contribution in [2.24, 2.45) is 7.05 Å². The highest BCUT2D eigenvalue weighted by Crippen LogP contribution is 2.12. The van der Waals surface area contributed by atoms with E-state index in [1.54, 1.807) is 25.4 Å². The van der Waals surface area contributed by atoms with Gasteiger partial charge in [0.1, 0.15) is 5.75 Å². The number of benzene rings is 1. The minimum absolute atomic E-state index is 0.0936. The summed E-state index contributed by atoms with van der Waals surface area (Å²) in [7, 11) is 1.69. The van der Waals surface area contributed by atoms with E-state index in [4.69, 9.17) is 4.74 Å². The Morgan fingerprint density at radius 3 is 2.64 bits per heavy atom.